The zero-order valence-corrected chi connectivity index (χ0v) is 12.1. The minimum absolute atomic E-state index is 0.0182. The van der Waals surface area contributed by atoms with Crippen LogP contribution in [0.5, 0.6) is 0 Å². The molecule has 100 valence electrons. The molecule has 1 aromatic carbocycles. The average Bonchev–Trinajstić information content (AvgIpc) is 2.90. The molecule has 0 saturated carbocycles. The summed E-state index contributed by atoms with van der Waals surface area (Å²) in [4.78, 5) is 27.1. The molecule has 0 fully saturated rings. The molecule has 1 aliphatic heterocycles. The molecule has 0 bridgehead atoms. The van der Waals surface area contributed by atoms with Gasteiger partial charge in [-0.1, -0.05) is 23.5 Å². The van der Waals surface area contributed by atoms with E-state index in [1.807, 2.05) is 0 Å². The number of aliphatic imine (C=N–C) groups is 1. The second kappa shape index (κ2) is 6.77. The Morgan fingerprint density at radius 2 is 2.11 bits per heavy atom. The SMILES string of the molecule is CC(=O)c1ccc(NC(=O)CSC2=NCCS2)cc1. The number of ketones is 1. The minimum atomic E-state index is -0.0595. The van der Waals surface area contributed by atoms with Crippen molar-refractivity contribution in [3.05, 3.63) is 29.8 Å². The number of carbonyl (C=O) groups excluding carboxylic acids is 2. The third-order valence-corrected chi connectivity index (χ3v) is 4.71. The van der Waals surface area contributed by atoms with Gasteiger partial charge in [0, 0.05) is 17.0 Å². The molecule has 19 heavy (non-hydrogen) atoms. The normalized spacial score (nSPS) is 14.1. The van der Waals surface area contributed by atoms with Crippen molar-refractivity contribution in [2.24, 2.45) is 4.99 Å². The summed E-state index contributed by atoms with van der Waals surface area (Å²) in [5.41, 5.74) is 1.35. The number of benzene rings is 1. The minimum Gasteiger partial charge on any atom is -0.325 e. The maximum atomic E-state index is 11.7. The Kier molecular flexibility index (Phi) is 5.04. The summed E-state index contributed by atoms with van der Waals surface area (Å²) in [5.74, 6) is 1.33. The number of thioether (sulfide) groups is 2. The van der Waals surface area contributed by atoms with E-state index >= 15 is 0 Å². The first-order valence-corrected chi connectivity index (χ1v) is 7.83. The molecule has 1 N–H and O–H groups in total. The van der Waals surface area contributed by atoms with E-state index in [1.54, 1.807) is 36.0 Å². The lowest BCUT2D eigenvalue weighted by Gasteiger charge is -2.05. The van der Waals surface area contributed by atoms with Gasteiger partial charge in [-0.2, -0.15) is 0 Å². The van der Waals surface area contributed by atoms with Crippen LogP contribution < -0.4 is 5.32 Å². The maximum Gasteiger partial charge on any atom is 0.234 e. The van der Waals surface area contributed by atoms with Crippen LogP contribution in [-0.4, -0.2) is 34.1 Å². The lowest BCUT2D eigenvalue weighted by Crippen LogP contribution is -2.14. The molecule has 1 heterocycles. The number of carbonyl (C=O) groups is 2. The van der Waals surface area contributed by atoms with E-state index in [1.165, 1.54) is 18.7 Å². The largest absolute Gasteiger partial charge is 0.325 e. The Bertz CT molecular complexity index is 512. The van der Waals surface area contributed by atoms with Gasteiger partial charge in [-0.25, -0.2) is 0 Å². The van der Waals surface area contributed by atoms with Crippen molar-refractivity contribution in [2.75, 3.05) is 23.4 Å². The third kappa shape index (κ3) is 4.40. The van der Waals surface area contributed by atoms with Crippen LogP contribution in [0.25, 0.3) is 0 Å². The van der Waals surface area contributed by atoms with Gasteiger partial charge in [0.05, 0.1) is 12.3 Å². The van der Waals surface area contributed by atoms with Gasteiger partial charge in [0.25, 0.3) is 0 Å². The monoisotopic (exact) mass is 294 g/mol. The summed E-state index contributed by atoms with van der Waals surface area (Å²) in [6.07, 6.45) is 0. The van der Waals surface area contributed by atoms with E-state index < -0.39 is 0 Å². The summed E-state index contributed by atoms with van der Waals surface area (Å²) >= 11 is 3.16. The Morgan fingerprint density at radius 3 is 2.68 bits per heavy atom. The zero-order chi connectivity index (χ0) is 13.7. The number of amides is 1. The molecular formula is C13H14N2O2S2. The molecule has 0 radical (unpaired) electrons. The molecular weight excluding hydrogens is 280 g/mol. The van der Waals surface area contributed by atoms with Crippen molar-refractivity contribution >= 4 is 45.3 Å². The van der Waals surface area contributed by atoms with Crippen molar-refractivity contribution in [1.82, 2.24) is 0 Å². The predicted molar refractivity (Wildman–Crippen MR) is 82.3 cm³/mol. The number of Topliss-reactive ketones (excluding diaryl/α,β-unsaturated/α-hetero) is 1. The fraction of sp³-hybridized carbons (Fsp3) is 0.308. The van der Waals surface area contributed by atoms with Crippen molar-refractivity contribution in [1.29, 1.82) is 0 Å². The van der Waals surface area contributed by atoms with E-state index in [-0.39, 0.29) is 11.7 Å². The zero-order valence-electron chi connectivity index (χ0n) is 10.5. The molecule has 0 atom stereocenters. The highest BCUT2D eigenvalue weighted by Gasteiger charge is 2.10. The van der Waals surface area contributed by atoms with Crippen LogP contribution >= 0.6 is 23.5 Å². The van der Waals surface area contributed by atoms with Crippen molar-refractivity contribution in [3.63, 3.8) is 0 Å². The quantitative estimate of drug-likeness (QED) is 0.867. The van der Waals surface area contributed by atoms with Gasteiger partial charge in [-0.05, 0) is 31.2 Å². The summed E-state index contributed by atoms with van der Waals surface area (Å²) in [6, 6.07) is 6.90. The number of nitrogens with zero attached hydrogens (tertiary/aromatic N) is 1. The van der Waals surface area contributed by atoms with Crippen LogP contribution in [0.15, 0.2) is 29.3 Å². The highest BCUT2D eigenvalue weighted by atomic mass is 32.2. The first kappa shape index (κ1) is 14.1. The standard InChI is InChI=1S/C13H14N2O2S2/c1-9(16)10-2-4-11(5-3-10)15-12(17)8-19-13-14-6-7-18-13/h2-5H,6-8H2,1H3,(H,15,17). The van der Waals surface area contributed by atoms with E-state index in [2.05, 4.69) is 10.3 Å². The number of nitrogens with one attached hydrogen (secondary N) is 1. The number of hydrogen-bond donors (Lipinski definition) is 1. The van der Waals surface area contributed by atoms with Crippen LogP contribution in [0.3, 0.4) is 0 Å². The van der Waals surface area contributed by atoms with Crippen LogP contribution in [0.4, 0.5) is 5.69 Å². The van der Waals surface area contributed by atoms with Crippen molar-refractivity contribution < 1.29 is 9.59 Å². The van der Waals surface area contributed by atoms with Crippen LogP contribution in [-0.2, 0) is 4.79 Å². The molecule has 0 saturated heterocycles. The van der Waals surface area contributed by atoms with Gasteiger partial charge in [0.1, 0.15) is 4.38 Å². The Morgan fingerprint density at radius 1 is 1.37 bits per heavy atom. The molecule has 0 aromatic heterocycles. The van der Waals surface area contributed by atoms with Gasteiger partial charge in [0.15, 0.2) is 5.78 Å². The van der Waals surface area contributed by atoms with Gasteiger partial charge in [-0.3, -0.25) is 14.6 Å². The molecule has 6 heteroatoms. The smallest absolute Gasteiger partial charge is 0.234 e. The molecule has 1 aromatic rings. The number of hydrogen-bond acceptors (Lipinski definition) is 5. The Labute approximate surface area is 120 Å². The first-order chi connectivity index (χ1) is 9.15. The fourth-order valence-electron chi connectivity index (χ4n) is 1.52. The lowest BCUT2D eigenvalue weighted by atomic mass is 10.1. The molecule has 0 unspecified atom stereocenters. The molecule has 4 nitrogen and oxygen atoms in total. The summed E-state index contributed by atoms with van der Waals surface area (Å²) in [6.45, 7) is 2.37. The number of anilines is 1. The van der Waals surface area contributed by atoms with Gasteiger partial charge < -0.3 is 5.32 Å². The first-order valence-electron chi connectivity index (χ1n) is 5.86. The van der Waals surface area contributed by atoms with Crippen LogP contribution in [0.2, 0.25) is 0 Å². The average molecular weight is 294 g/mol. The van der Waals surface area contributed by atoms with E-state index in [0.29, 0.717) is 17.0 Å². The van der Waals surface area contributed by atoms with Crippen LogP contribution in [0.1, 0.15) is 17.3 Å². The van der Waals surface area contributed by atoms with Crippen molar-refractivity contribution in [2.45, 2.75) is 6.92 Å². The molecule has 2 rings (SSSR count). The topological polar surface area (TPSA) is 58.5 Å². The fourth-order valence-corrected chi connectivity index (χ4v) is 3.32. The molecule has 1 amide bonds. The lowest BCUT2D eigenvalue weighted by molar-refractivity contribution is -0.113. The predicted octanol–water partition coefficient (Wildman–Crippen LogP) is 2.66. The second-order valence-electron chi connectivity index (χ2n) is 3.97. The highest BCUT2D eigenvalue weighted by Crippen LogP contribution is 2.22. The van der Waals surface area contributed by atoms with Crippen molar-refractivity contribution in [3.8, 4) is 0 Å². The maximum absolute atomic E-state index is 11.7. The third-order valence-electron chi connectivity index (χ3n) is 2.46. The second-order valence-corrected chi connectivity index (χ2v) is 6.27. The Hall–Kier alpha value is -1.27. The van der Waals surface area contributed by atoms with Gasteiger partial charge in [0.2, 0.25) is 5.91 Å². The van der Waals surface area contributed by atoms with Gasteiger partial charge in [-0.15, -0.1) is 0 Å². The molecule has 1 aliphatic rings. The molecule has 0 aliphatic carbocycles. The molecule has 0 spiro atoms. The summed E-state index contributed by atoms with van der Waals surface area (Å²) in [5, 5.41) is 2.80. The van der Waals surface area contributed by atoms with Gasteiger partial charge >= 0.3 is 0 Å². The summed E-state index contributed by atoms with van der Waals surface area (Å²) in [7, 11) is 0. The van der Waals surface area contributed by atoms with E-state index in [4.69, 9.17) is 0 Å². The number of rotatable bonds is 4. The highest BCUT2D eigenvalue weighted by molar-refractivity contribution is 8.39. The van der Waals surface area contributed by atoms with Crippen LogP contribution in [0, 0.1) is 0 Å². The van der Waals surface area contributed by atoms with E-state index in [0.717, 1.165) is 16.7 Å². The Balaban J connectivity index is 1.82. The van der Waals surface area contributed by atoms with E-state index in [9.17, 15) is 9.59 Å². The summed E-state index contributed by atoms with van der Waals surface area (Å²) < 4.78 is 0.988.